The van der Waals surface area contributed by atoms with E-state index in [1.807, 2.05) is 0 Å². The highest BCUT2D eigenvalue weighted by molar-refractivity contribution is 5.83. The monoisotopic (exact) mass is 258 g/mol. The van der Waals surface area contributed by atoms with Crippen molar-refractivity contribution in [1.82, 2.24) is 9.80 Å². The van der Waals surface area contributed by atoms with Crippen molar-refractivity contribution in [2.45, 2.75) is 6.04 Å². The zero-order valence-electron chi connectivity index (χ0n) is 10.1. The van der Waals surface area contributed by atoms with E-state index in [2.05, 4.69) is 6.58 Å². The van der Waals surface area contributed by atoms with Crippen LogP contribution in [0.3, 0.4) is 0 Å². The molecule has 18 heavy (non-hydrogen) atoms. The second kappa shape index (κ2) is 6.97. The minimum absolute atomic E-state index is 0.0118. The summed E-state index contributed by atoms with van der Waals surface area (Å²) >= 11 is 0. The lowest BCUT2D eigenvalue weighted by molar-refractivity contribution is -0.147. The highest BCUT2D eigenvalue weighted by atomic mass is 16.5. The van der Waals surface area contributed by atoms with E-state index in [-0.39, 0.29) is 32.8 Å². The van der Waals surface area contributed by atoms with Gasteiger partial charge in [0.05, 0.1) is 19.8 Å². The van der Waals surface area contributed by atoms with Crippen molar-refractivity contribution < 1.29 is 24.5 Å². The predicted octanol–water partition coefficient (Wildman–Crippen LogP) is -0.628. The van der Waals surface area contributed by atoms with Gasteiger partial charge in [-0.1, -0.05) is 6.08 Å². The third kappa shape index (κ3) is 3.44. The minimum Gasteiger partial charge on any atom is -0.480 e. The first-order chi connectivity index (χ1) is 8.61. The first-order valence-electron chi connectivity index (χ1n) is 5.69. The summed E-state index contributed by atoms with van der Waals surface area (Å²) in [5, 5.41) is 17.9. The van der Waals surface area contributed by atoms with Crippen LogP contribution in [0.2, 0.25) is 0 Å². The molecule has 1 fully saturated rings. The molecule has 0 saturated carbocycles. The molecule has 2 N–H and O–H groups in total. The lowest BCUT2D eigenvalue weighted by Crippen LogP contribution is -2.56. The van der Waals surface area contributed by atoms with Gasteiger partial charge < -0.3 is 24.7 Å². The van der Waals surface area contributed by atoms with Crippen molar-refractivity contribution in [1.29, 1.82) is 0 Å². The quantitative estimate of drug-likeness (QED) is 0.641. The Kier molecular flexibility index (Phi) is 5.60. The predicted molar refractivity (Wildman–Crippen MR) is 63.2 cm³/mol. The largest absolute Gasteiger partial charge is 0.480 e. The maximum atomic E-state index is 12.2. The van der Waals surface area contributed by atoms with Gasteiger partial charge in [-0.25, -0.2) is 9.59 Å². The number of carboxylic acids is 1. The molecule has 2 amide bonds. The molecular weight excluding hydrogens is 240 g/mol. The Balaban J connectivity index is 2.76. The Morgan fingerprint density at radius 2 is 2.28 bits per heavy atom. The van der Waals surface area contributed by atoms with Crippen LogP contribution in [0.1, 0.15) is 0 Å². The molecular formula is C11H18N2O5. The minimum atomic E-state index is -1.09. The van der Waals surface area contributed by atoms with Crippen molar-refractivity contribution in [3.63, 3.8) is 0 Å². The molecule has 1 saturated heterocycles. The Hall–Kier alpha value is -1.60. The average Bonchev–Trinajstić information content (AvgIpc) is 2.37. The van der Waals surface area contributed by atoms with E-state index in [0.717, 1.165) is 0 Å². The molecule has 1 atom stereocenters. The standard InChI is InChI=1S/C11H18N2O5/c1-2-3-12(4-6-14)11(17)13-5-7-18-8-9(13)10(15)16/h2,9,14H,1,3-8H2,(H,15,16). The second-order valence-electron chi connectivity index (χ2n) is 3.86. The van der Waals surface area contributed by atoms with Gasteiger partial charge in [0, 0.05) is 19.6 Å². The summed E-state index contributed by atoms with van der Waals surface area (Å²) in [6, 6.07) is -1.39. The molecule has 0 radical (unpaired) electrons. The number of urea groups is 1. The van der Waals surface area contributed by atoms with E-state index >= 15 is 0 Å². The Morgan fingerprint density at radius 1 is 1.56 bits per heavy atom. The number of carbonyl (C=O) groups excluding carboxylic acids is 1. The molecule has 7 nitrogen and oxygen atoms in total. The number of rotatable bonds is 5. The van der Waals surface area contributed by atoms with Crippen LogP contribution in [0.15, 0.2) is 12.7 Å². The maximum Gasteiger partial charge on any atom is 0.328 e. The molecule has 1 unspecified atom stereocenters. The molecule has 7 heteroatoms. The fraction of sp³-hybridized carbons (Fsp3) is 0.636. The molecule has 1 aliphatic heterocycles. The zero-order valence-corrected chi connectivity index (χ0v) is 10.1. The van der Waals surface area contributed by atoms with Crippen molar-refractivity contribution in [2.75, 3.05) is 39.5 Å². The number of hydrogen-bond donors (Lipinski definition) is 2. The normalized spacial score (nSPS) is 19.4. The van der Waals surface area contributed by atoms with Gasteiger partial charge in [-0.15, -0.1) is 6.58 Å². The smallest absolute Gasteiger partial charge is 0.328 e. The van der Waals surface area contributed by atoms with Crippen LogP contribution in [-0.2, 0) is 9.53 Å². The highest BCUT2D eigenvalue weighted by Gasteiger charge is 2.34. The molecule has 0 bridgehead atoms. The number of hydrogen-bond acceptors (Lipinski definition) is 4. The number of nitrogens with zero attached hydrogens (tertiary/aromatic N) is 2. The third-order valence-corrected chi connectivity index (χ3v) is 2.65. The summed E-state index contributed by atoms with van der Waals surface area (Å²) in [5.41, 5.74) is 0. The number of aliphatic hydroxyl groups is 1. The topological polar surface area (TPSA) is 90.3 Å². The van der Waals surface area contributed by atoms with Crippen LogP contribution in [0.5, 0.6) is 0 Å². The van der Waals surface area contributed by atoms with Gasteiger partial charge in [-0.3, -0.25) is 0 Å². The SMILES string of the molecule is C=CCN(CCO)C(=O)N1CCOCC1C(=O)O. The van der Waals surface area contributed by atoms with Crippen molar-refractivity contribution in [2.24, 2.45) is 0 Å². The van der Waals surface area contributed by atoms with Gasteiger partial charge >= 0.3 is 12.0 Å². The van der Waals surface area contributed by atoms with Crippen molar-refractivity contribution in [3.8, 4) is 0 Å². The average molecular weight is 258 g/mol. The van der Waals surface area contributed by atoms with E-state index < -0.39 is 18.0 Å². The van der Waals surface area contributed by atoms with Crippen molar-refractivity contribution in [3.05, 3.63) is 12.7 Å². The number of aliphatic carboxylic acids is 1. The number of morpholine rings is 1. The Morgan fingerprint density at radius 3 is 2.83 bits per heavy atom. The molecule has 0 aromatic carbocycles. The second-order valence-corrected chi connectivity index (χ2v) is 3.86. The third-order valence-electron chi connectivity index (χ3n) is 2.65. The molecule has 0 aliphatic carbocycles. The van der Waals surface area contributed by atoms with Gasteiger partial charge in [-0.2, -0.15) is 0 Å². The number of ether oxygens (including phenoxy) is 1. The summed E-state index contributed by atoms with van der Waals surface area (Å²) in [5.74, 6) is -1.09. The van der Waals surface area contributed by atoms with E-state index in [0.29, 0.717) is 6.61 Å². The van der Waals surface area contributed by atoms with Gasteiger partial charge in [0.15, 0.2) is 6.04 Å². The van der Waals surface area contributed by atoms with Crippen LogP contribution in [0.25, 0.3) is 0 Å². The summed E-state index contributed by atoms with van der Waals surface area (Å²) < 4.78 is 5.06. The maximum absolute atomic E-state index is 12.2. The fourth-order valence-corrected chi connectivity index (χ4v) is 1.76. The molecule has 1 heterocycles. The number of amides is 2. The van der Waals surface area contributed by atoms with Crippen LogP contribution in [0.4, 0.5) is 4.79 Å². The summed E-state index contributed by atoms with van der Waals surface area (Å²) in [4.78, 5) is 25.8. The number of carbonyl (C=O) groups is 2. The molecule has 0 aromatic rings. The fourth-order valence-electron chi connectivity index (χ4n) is 1.76. The Bertz CT molecular complexity index is 321. The summed E-state index contributed by atoms with van der Waals surface area (Å²) in [6.45, 7) is 4.30. The molecule has 0 aromatic heterocycles. The summed E-state index contributed by atoms with van der Waals surface area (Å²) in [7, 11) is 0. The first-order valence-corrected chi connectivity index (χ1v) is 5.69. The van der Waals surface area contributed by atoms with Crippen LogP contribution in [-0.4, -0.2) is 77.5 Å². The van der Waals surface area contributed by atoms with E-state index in [1.54, 1.807) is 0 Å². The number of carboxylic acid groups (broad SMARTS) is 1. The van der Waals surface area contributed by atoms with Gasteiger partial charge in [0.1, 0.15) is 0 Å². The first kappa shape index (κ1) is 14.5. The molecule has 1 aliphatic rings. The Labute approximate surface area is 105 Å². The van der Waals surface area contributed by atoms with Crippen LogP contribution >= 0.6 is 0 Å². The van der Waals surface area contributed by atoms with Crippen LogP contribution < -0.4 is 0 Å². The van der Waals surface area contributed by atoms with Crippen molar-refractivity contribution >= 4 is 12.0 Å². The van der Waals surface area contributed by atoms with E-state index in [1.165, 1.54) is 15.9 Å². The lowest BCUT2D eigenvalue weighted by Gasteiger charge is -2.36. The van der Waals surface area contributed by atoms with E-state index in [9.17, 15) is 9.59 Å². The van der Waals surface area contributed by atoms with Crippen LogP contribution in [0, 0.1) is 0 Å². The van der Waals surface area contributed by atoms with Gasteiger partial charge in [-0.05, 0) is 0 Å². The molecule has 0 spiro atoms. The lowest BCUT2D eigenvalue weighted by atomic mass is 10.2. The van der Waals surface area contributed by atoms with E-state index in [4.69, 9.17) is 14.9 Å². The summed E-state index contributed by atoms with van der Waals surface area (Å²) in [6.07, 6.45) is 1.53. The van der Waals surface area contributed by atoms with Gasteiger partial charge in [0.25, 0.3) is 0 Å². The van der Waals surface area contributed by atoms with Gasteiger partial charge in [0.2, 0.25) is 0 Å². The molecule has 1 rings (SSSR count). The highest BCUT2D eigenvalue weighted by Crippen LogP contribution is 2.10. The molecule has 102 valence electrons. The zero-order chi connectivity index (χ0) is 13.5. The number of aliphatic hydroxyl groups excluding tert-OH is 1.